The van der Waals surface area contributed by atoms with Crippen LogP contribution in [0.4, 0.5) is 11.4 Å². The van der Waals surface area contributed by atoms with Crippen LogP contribution in [-0.2, 0) is 33.7 Å². The maximum atomic E-state index is 13.0. The Bertz CT molecular complexity index is 1210. The second-order valence-electron chi connectivity index (χ2n) is 7.88. The minimum Gasteiger partial charge on any atom is -0.497 e. The summed E-state index contributed by atoms with van der Waals surface area (Å²) in [6.07, 6.45) is 4.00. The van der Waals surface area contributed by atoms with Crippen molar-refractivity contribution in [3.63, 3.8) is 0 Å². The Balaban J connectivity index is 1.78. The van der Waals surface area contributed by atoms with Crippen molar-refractivity contribution in [1.82, 2.24) is 4.57 Å². The molecule has 0 saturated heterocycles. The van der Waals surface area contributed by atoms with Gasteiger partial charge in [0.1, 0.15) is 17.1 Å². The molecule has 8 nitrogen and oxygen atoms in total. The summed E-state index contributed by atoms with van der Waals surface area (Å²) < 4.78 is 12.1. The highest BCUT2D eigenvalue weighted by molar-refractivity contribution is 7.19. The third-order valence-electron chi connectivity index (χ3n) is 5.60. The Morgan fingerprint density at radius 2 is 1.82 bits per heavy atom. The van der Waals surface area contributed by atoms with Crippen LogP contribution in [0.15, 0.2) is 24.3 Å². The lowest BCUT2D eigenvalue weighted by molar-refractivity contribution is -0.116. The number of hydrogen-bond donors (Lipinski definition) is 2. The van der Waals surface area contributed by atoms with Crippen molar-refractivity contribution in [3.8, 4) is 5.75 Å². The molecule has 4 rings (SSSR count). The topological polar surface area (TPSA) is 98.7 Å². The van der Waals surface area contributed by atoms with Crippen LogP contribution in [-0.4, -0.2) is 36.1 Å². The maximum absolute atomic E-state index is 13.0. The van der Waals surface area contributed by atoms with Gasteiger partial charge < -0.3 is 24.7 Å². The smallest absolute Gasteiger partial charge is 0.357 e. The van der Waals surface area contributed by atoms with Crippen molar-refractivity contribution in [2.45, 2.75) is 46.1 Å². The van der Waals surface area contributed by atoms with Gasteiger partial charge in [-0.25, -0.2) is 4.79 Å². The van der Waals surface area contributed by atoms with Crippen molar-refractivity contribution in [1.29, 1.82) is 0 Å². The van der Waals surface area contributed by atoms with Crippen molar-refractivity contribution in [2.24, 2.45) is 0 Å². The van der Waals surface area contributed by atoms with E-state index >= 15 is 0 Å². The summed E-state index contributed by atoms with van der Waals surface area (Å²) in [7, 11) is 1.58. The van der Waals surface area contributed by atoms with Gasteiger partial charge >= 0.3 is 5.97 Å². The number of thiophene rings is 1. The molecule has 1 aliphatic rings. The molecule has 0 saturated carbocycles. The Hall–Kier alpha value is -3.33. The van der Waals surface area contributed by atoms with E-state index in [1.807, 2.05) is 0 Å². The van der Waals surface area contributed by atoms with Crippen molar-refractivity contribution in [2.75, 3.05) is 24.4 Å². The number of carbonyl (C=O) groups excluding carboxylic acids is 3. The Morgan fingerprint density at radius 3 is 2.48 bits per heavy atom. The summed E-state index contributed by atoms with van der Waals surface area (Å²) in [6, 6.07) is 7.02. The zero-order valence-corrected chi connectivity index (χ0v) is 19.8. The predicted octanol–water partition coefficient (Wildman–Crippen LogP) is 4.36. The molecule has 0 unspecified atom stereocenters. The summed E-state index contributed by atoms with van der Waals surface area (Å²) in [6.45, 7) is 3.24. The molecule has 2 heterocycles. The largest absolute Gasteiger partial charge is 0.497 e. The zero-order chi connectivity index (χ0) is 23.5. The molecule has 0 bridgehead atoms. The molecule has 1 aliphatic carbocycles. The van der Waals surface area contributed by atoms with Gasteiger partial charge in [0.25, 0.3) is 0 Å². The summed E-state index contributed by atoms with van der Waals surface area (Å²) in [5, 5.41) is 6.57. The van der Waals surface area contributed by atoms with Crippen LogP contribution in [0.5, 0.6) is 5.75 Å². The number of benzene rings is 1. The number of nitrogens with one attached hydrogen (secondary N) is 2. The van der Waals surface area contributed by atoms with Crippen LogP contribution >= 0.6 is 11.3 Å². The average Bonchev–Trinajstić information content (AvgIpc) is 3.30. The Labute approximate surface area is 195 Å². The van der Waals surface area contributed by atoms with Crippen LogP contribution in [0.25, 0.3) is 10.2 Å². The first-order valence-corrected chi connectivity index (χ1v) is 11.8. The molecule has 3 aromatic rings. The number of nitrogens with zero attached hydrogens (tertiary/aromatic N) is 1. The van der Waals surface area contributed by atoms with Crippen LogP contribution in [0.2, 0.25) is 0 Å². The minimum absolute atomic E-state index is 0.0876. The maximum Gasteiger partial charge on any atom is 0.357 e. The number of aryl methyl sites for hydroxylation is 2. The van der Waals surface area contributed by atoms with Gasteiger partial charge in [-0.1, -0.05) is 0 Å². The molecule has 1 aromatic carbocycles. The number of fused-ring (bicyclic) bond motifs is 3. The van der Waals surface area contributed by atoms with E-state index in [0.717, 1.165) is 41.5 Å². The number of aromatic nitrogens is 1. The van der Waals surface area contributed by atoms with Crippen molar-refractivity contribution < 1.29 is 23.9 Å². The molecular weight excluding hydrogens is 442 g/mol. The van der Waals surface area contributed by atoms with Gasteiger partial charge in [-0.2, -0.15) is 0 Å². The molecule has 0 fully saturated rings. The van der Waals surface area contributed by atoms with Crippen LogP contribution in [0, 0.1) is 0 Å². The number of esters is 1. The lowest BCUT2D eigenvalue weighted by Crippen LogP contribution is -2.23. The molecule has 0 radical (unpaired) electrons. The first kappa shape index (κ1) is 22.8. The predicted molar refractivity (Wildman–Crippen MR) is 128 cm³/mol. The molecule has 0 atom stereocenters. The third kappa shape index (κ3) is 4.59. The first-order chi connectivity index (χ1) is 15.9. The van der Waals surface area contributed by atoms with Crippen LogP contribution in [0.3, 0.4) is 0 Å². The Morgan fingerprint density at radius 1 is 1.09 bits per heavy atom. The fourth-order valence-electron chi connectivity index (χ4n) is 4.23. The van der Waals surface area contributed by atoms with E-state index in [2.05, 4.69) is 10.6 Å². The van der Waals surface area contributed by atoms with Gasteiger partial charge in [0.15, 0.2) is 5.69 Å². The molecule has 2 amide bonds. The number of methoxy groups -OCH3 is 1. The number of amides is 2. The number of ether oxygens (including phenoxy) is 2. The van der Waals surface area contributed by atoms with Gasteiger partial charge in [0.05, 0.1) is 19.4 Å². The summed E-state index contributed by atoms with van der Waals surface area (Å²) in [5.74, 6) is -0.443. The van der Waals surface area contributed by atoms with E-state index in [1.165, 1.54) is 11.8 Å². The second-order valence-corrected chi connectivity index (χ2v) is 8.96. The first-order valence-electron chi connectivity index (χ1n) is 11.0. The quantitative estimate of drug-likeness (QED) is 0.501. The second kappa shape index (κ2) is 9.66. The van der Waals surface area contributed by atoms with E-state index < -0.39 is 5.97 Å². The highest BCUT2D eigenvalue weighted by Gasteiger charge is 2.31. The fourth-order valence-corrected chi connectivity index (χ4v) is 5.63. The summed E-state index contributed by atoms with van der Waals surface area (Å²) in [5.41, 5.74) is 2.42. The molecule has 0 spiro atoms. The molecule has 2 aromatic heterocycles. The summed E-state index contributed by atoms with van der Waals surface area (Å²) in [4.78, 5) is 40.1. The number of hydrogen-bond acceptors (Lipinski definition) is 6. The molecule has 33 heavy (non-hydrogen) atoms. The van der Waals surface area contributed by atoms with Crippen LogP contribution < -0.4 is 15.4 Å². The summed E-state index contributed by atoms with van der Waals surface area (Å²) >= 11 is 1.58. The monoisotopic (exact) mass is 469 g/mol. The highest BCUT2D eigenvalue weighted by Crippen LogP contribution is 2.44. The average molecular weight is 470 g/mol. The molecule has 0 aliphatic heterocycles. The van der Waals surface area contributed by atoms with E-state index in [0.29, 0.717) is 17.1 Å². The van der Waals surface area contributed by atoms with E-state index in [9.17, 15) is 14.4 Å². The highest BCUT2D eigenvalue weighted by atomic mass is 32.1. The zero-order valence-electron chi connectivity index (χ0n) is 18.9. The number of rotatable bonds is 7. The van der Waals surface area contributed by atoms with Gasteiger partial charge in [-0.15, -0.1) is 11.3 Å². The lowest BCUT2D eigenvalue weighted by atomic mass is 9.96. The Kier molecular flexibility index (Phi) is 6.69. The number of carbonyl (C=O) groups is 3. The normalized spacial score (nSPS) is 12.8. The molecule has 174 valence electrons. The number of anilines is 2. The van der Waals surface area contributed by atoms with E-state index in [4.69, 9.17) is 9.47 Å². The fraction of sp³-hybridized carbons (Fsp3) is 0.375. The van der Waals surface area contributed by atoms with E-state index in [-0.39, 0.29) is 30.7 Å². The van der Waals surface area contributed by atoms with Gasteiger partial charge in [-0.3, -0.25) is 9.59 Å². The molecule has 2 N–H and O–H groups in total. The van der Waals surface area contributed by atoms with Gasteiger partial charge in [0.2, 0.25) is 11.8 Å². The minimum atomic E-state index is -0.563. The van der Waals surface area contributed by atoms with E-state index in [1.54, 1.807) is 54.2 Å². The van der Waals surface area contributed by atoms with Gasteiger partial charge in [0, 0.05) is 22.9 Å². The molecular formula is C24H27N3O5S. The SMILES string of the molecule is CCOC(=O)c1c(NC(C)=O)c2c3c(sc2n1CC(=O)Nc1ccc(OC)cc1)CCCC3. The van der Waals surface area contributed by atoms with Crippen molar-refractivity contribution >= 4 is 50.7 Å². The van der Waals surface area contributed by atoms with Crippen LogP contribution in [0.1, 0.15) is 47.6 Å². The van der Waals surface area contributed by atoms with Crippen molar-refractivity contribution in [3.05, 3.63) is 40.4 Å². The third-order valence-corrected chi connectivity index (χ3v) is 6.91. The lowest BCUT2D eigenvalue weighted by Gasteiger charge is -2.14. The van der Waals surface area contributed by atoms with Gasteiger partial charge in [-0.05, 0) is 62.4 Å². The molecule has 9 heteroatoms. The standard InChI is InChI=1S/C24H27N3O5S/c1-4-32-24(30)22-21(25-14(2)28)20-17-7-5-6-8-18(17)33-23(20)27(22)13-19(29)26-15-9-11-16(31-3)12-10-15/h9-12H,4-8,13H2,1-3H3,(H,25,28)(H,26,29).